The quantitative estimate of drug-likeness (QED) is 0.183. The number of nitrogen functional groups attached to an aromatic ring is 2. The summed E-state index contributed by atoms with van der Waals surface area (Å²) in [6.07, 6.45) is 3.12. The second kappa shape index (κ2) is 14.0. The van der Waals surface area contributed by atoms with Crippen LogP contribution in [-0.2, 0) is 0 Å². The number of fused-ring (bicyclic) bond motifs is 2. The Kier molecular flexibility index (Phi) is 9.12. The molecule has 4 heterocycles. The van der Waals surface area contributed by atoms with Gasteiger partial charge < -0.3 is 11.5 Å². The van der Waals surface area contributed by atoms with Crippen molar-refractivity contribution >= 4 is 49.4 Å². The average Bonchev–Trinajstić information content (AvgIpc) is 3.14. The minimum Gasteiger partial charge on any atom is -0.384 e. The summed E-state index contributed by atoms with van der Waals surface area (Å²) in [5, 5.41) is 1.96. The molecule has 51 heavy (non-hydrogen) atoms. The van der Waals surface area contributed by atoms with Gasteiger partial charge in [0.25, 0.3) is 0 Å². The van der Waals surface area contributed by atoms with E-state index in [2.05, 4.69) is 45.8 Å². The largest absolute Gasteiger partial charge is 0.384 e. The lowest BCUT2D eigenvalue weighted by Crippen LogP contribution is -1.97. The number of pyridine rings is 2. The summed E-state index contributed by atoms with van der Waals surface area (Å²) in [5.74, 6) is 0.225. The van der Waals surface area contributed by atoms with Gasteiger partial charge in [0.05, 0.1) is 26.9 Å². The van der Waals surface area contributed by atoms with Crippen LogP contribution in [0.1, 0.15) is 11.4 Å². The van der Waals surface area contributed by atoms with Crippen molar-refractivity contribution in [3.63, 3.8) is 0 Å². The van der Waals surface area contributed by atoms with Gasteiger partial charge in [0.2, 0.25) is 0 Å². The average molecular weight is 740 g/mol. The van der Waals surface area contributed by atoms with Gasteiger partial charge in [-0.2, -0.15) is 0 Å². The van der Waals surface area contributed by atoms with Gasteiger partial charge in [-0.3, -0.25) is 0 Å². The summed E-state index contributed by atoms with van der Waals surface area (Å²) in [7, 11) is 0. The van der Waals surface area contributed by atoms with Crippen LogP contribution in [0.25, 0.3) is 66.6 Å². The molecule has 0 fully saturated rings. The van der Waals surface area contributed by atoms with Gasteiger partial charge in [0.15, 0.2) is 0 Å². The molecular weight excluding hydrogens is 710 g/mol. The number of hydrogen-bond acceptors (Lipinski definition) is 8. The second-order valence-electron chi connectivity index (χ2n) is 11.8. The summed E-state index contributed by atoms with van der Waals surface area (Å²) in [4.78, 5) is 26.1. The highest BCUT2D eigenvalue weighted by atomic mass is 79.9. The van der Waals surface area contributed by atoms with Crippen LogP contribution in [0.15, 0.2) is 120 Å². The van der Waals surface area contributed by atoms with Crippen molar-refractivity contribution in [2.75, 3.05) is 11.5 Å². The molecule has 0 amide bonds. The number of anilines is 2. The van der Waals surface area contributed by atoms with E-state index < -0.39 is 0 Å². The lowest BCUT2D eigenvalue weighted by Gasteiger charge is -2.13. The minimum absolute atomic E-state index is 0.285. The highest BCUT2D eigenvalue weighted by molar-refractivity contribution is 9.10. The number of benzene rings is 4. The molecule has 0 radical (unpaired) electrons. The van der Waals surface area contributed by atoms with E-state index in [1.807, 2.05) is 62.4 Å². The Morgan fingerprint density at radius 3 is 1.51 bits per heavy atom. The molecular formula is C40H29BrF2N8. The summed E-state index contributed by atoms with van der Waals surface area (Å²) in [6, 6.07) is 30.1. The van der Waals surface area contributed by atoms with Crippen molar-refractivity contribution in [1.82, 2.24) is 29.9 Å². The summed E-state index contributed by atoms with van der Waals surface area (Å²) >= 11 is 3.45. The number of halogens is 3. The minimum atomic E-state index is -0.293. The molecule has 0 saturated heterocycles. The van der Waals surface area contributed by atoms with Gasteiger partial charge in [-0.05, 0) is 132 Å². The molecule has 8 rings (SSSR count). The fourth-order valence-electron chi connectivity index (χ4n) is 5.79. The topological polar surface area (TPSA) is 129 Å². The monoisotopic (exact) mass is 738 g/mol. The molecule has 0 atom stereocenters. The standard InChI is InChI=1S/C20H14BrFN4.C20H15FN4/c1-11-15-8-13(4-7-18(15)25-10-24-11)16-9-17(21)20(23)26-19(16)12-2-5-14(22)6-3-12;1-12-17-10-14(4-8-18(17)24-11-23-12)16-7-9-19(22)25-20(16)13-2-5-15(21)6-3-13/h2-10H,1H3,(H2,23,26);2-11H,1H3,(H2,22,25). The zero-order valence-corrected chi connectivity index (χ0v) is 29.0. The van der Waals surface area contributed by atoms with Crippen molar-refractivity contribution in [1.29, 1.82) is 0 Å². The van der Waals surface area contributed by atoms with Gasteiger partial charge in [-0.25, -0.2) is 38.7 Å². The van der Waals surface area contributed by atoms with E-state index in [1.54, 1.807) is 43.0 Å². The number of nitrogens with two attached hydrogens (primary N) is 2. The van der Waals surface area contributed by atoms with E-state index in [9.17, 15) is 8.78 Å². The van der Waals surface area contributed by atoms with Crippen LogP contribution >= 0.6 is 15.9 Å². The van der Waals surface area contributed by atoms with Crippen LogP contribution in [0.4, 0.5) is 20.4 Å². The Bertz CT molecular complexity index is 2560. The zero-order chi connectivity index (χ0) is 35.6. The lowest BCUT2D eigenvalue weighted by atomic mass is 9.97. The maximum Gasteiger partial charge on any atom is 0.138 e. The molecule has 8 aromatic rings. The number of hydrogen-bond donors (Lipinski definition) is 2. The molecule has 8 nitrogen and oxygen atoms in total. The van der Waals surface area contributed by atoms with E-state index in [4.69, 9.17) is 11.5 Å². The van der Waals surface area contributed by atoms with E-state index in [0.717, 1.165) is 66.6 Å². The SMILES string of the molecule is Cc1ncnc2ccc(-c3cc(Br)c(N)nc3-c3ccc(F)cc3)cc12.Cc1ncnc2ccc(-c3ccc(N)nc3-c3ccc(F)cc3)cc12. The first-order chi connectivity index (χ1) is 24.6. The molecule has 250 valence electrons. The third kappa shape index (κ3) is 6.97. The molecule has 0 aliphatic carbocycles. The Morgan fingerprint density at radius 1 is 0.510 bits per heavy atom. The highest BCUT2D eigenvalue weighted by Gasteiger charge is 2.15. The van der Waals surface area contributed by atoms with Gasteiger partial charge in [-0.1, -0.05) is 12.1 Å². The summed E-state index contributed by atoms with van der Waals surface area (Å²) in [5.41, 5.74) is 22.2. The van der Waals surface area contributed by atoms with Crippen LogP contribution in [0.3, 0.4) is 0 Å². The van der Waals surface area contributed by atoms with Gasteiger partial charge in [0.1, 0.15) is 35.9 Å². The molecule has 0 unspecified atom stereocenters. The van der Waals surface area contributed by atoms with Crippen LogP contribution in [-0.4, -0.2) is 29.9 Å². The van der Waals surface area contributed by atoms with E-state index >= 15 is 0 Å². The number of rotatable bonds is 4. The number of aromatic nitrogens is 6. The van der Waals surface area contributed by atoms with Gasteiger partial charge >= 0.3 is 0 Å². The Labute approximate surface area is 300 Å². The van der Waals surface area contributed by atoms with Crippen molar-refractivity contribution in [3.8, 4) is 44.8 Å². The predicted octanol–water partition coefficient (Wildman–Crippen LogP) is 9.54. The van der Waals surface area contributed by atoms with Crippen molar-refractivity contribution in [3.05, 3.63) is 143 Å². The first kappa shape index (κ1) is 33.3. The van der Waals surface area contributed by atoms with E-state index in [0.29, 0.717) is 27.5 Å². The first-order valence-electron chi connectivity index (χ1n) is 15.8. The van der Waals surface area contributed by atoms with Crippen molar-refractivity contribution in [2.45, 2.75) is 13.8 Å². The van der Waals surface area contributed by atoms with E-state index in [-0.39, 0.29) is 11.6 Å². The maximum absolute atomic E-state index is 13.3. The summed E-state index contributed by atoms with van der Waals surface area (Å²) in [6.45, 7) is 3.90. The molecule has 11 heteroatoms. The van der Waals surface area contributed by atoms with Crippen molar-refractivity contribution < 1.29 is 8.78 Å². The smallest absolute Gasteiger partial charge is 0.138 e. The third-order valence-electron chi connectivity index (χ3n) is 8.45. The molecule has 4 N–H and O–H groups in total. The molecule has 0 aliphatic heterocycles. The van der Waals surface area contributed by atoms with Crippen LogP contribution in [0.5, 0.6) is 0 Å². The molecule has 0 spiro atoms. The van der Waals surface area contributed by atoms with Crippen LogP contribution in [0.2, 0.25) is 0 Å². The van der Waals surface area contributed by atoms with E-state index in [1.165, 1.54) is 24.3 Å². The Morgan fingerprint density at radius 2 is 0.980 bits per heavy atom. The molecule has 0 bridgehead atoms. The summed E-state index contributed by atoms with van der Waals surface area (Å²) < 4.78 is 27.3. The number of nitrogens with zero attached hydrogens (tertiary/aromatic N) is 6. The molecule has 4 aromatic carbocycles. The molecule has 4 aromatic heterocycles. The van der Waals surface area contributed by atoms with Crippen LogP contribution < -0.4 is 11.5 Å². The highest BCUT2D eigenvalue weighted by Crippen LogP contribution is 2.37. The zero-order valence-electron chi connectivity index (χ0n) is 27.4. The maximum atomic E-state index is 13.3. The van der Waals surface area contributed by atoms with Crippen LogP contribution in [0, 0.1) is 25.5 Å². The van der Waals surface area contributed by atoms with Gasteiger partial charge in [0, 0.05) is 44.4 Å². The third-order valence-corrected chi connectivity index (χ3v) is 9.08. The molecule has 0 saturated carbocycles. The predicted molar refractivity (Wildman–Crippen MR) is 202 cm³/mol. The molecule has 0 aliphatic rings. The number of aryl methyl sites for hydroxylation is 2. The fourth-order valence-corrected chi connectivity index (χ4v) is 6.11. The first-order valence-corrected chi connectivity index (χ1v) is 16.6. The Balaban J connectivity index is 0.000000159. The fraction of sp³-hybridized carbons (Fsp3) is 0.0500. The second-order valence-corrected chi connectivity index (χ2v) is 12.6. The normalized spacial score (nSPS) is 11.0. The van der Waals surface area contributed by atoms with Gasteiger partial charge in [-0.15, -0.1) is 0 Å². The van der Waals surface area contributed by atoms with Crippen molar-refractivity contribution in [2.24, 2.45) is 0 Å². The Hall–Kier alpha value is -6.20. The lowest BCUT2D eigenvalue weighted by molar-refractivity contribution is 0.627.